The highest BCUT2D eigenvalue weighted by molar-refractivity contribution is 8.12. The first-order chi connectivity index (χ1) is 9.91. The number of aromatic nitrogens is 1. The maximum absolute atomic E-state index is 12.3. The standard InChI is InChI=1S/C15H20N2O2S2/c1-10(2)17(11(3)4)15(19)20-9-16-12-7-5-6-8-13(12)21-14(16)18/h5-8,10-11H,9H2,1-4H3. The van der Waals surface area contributed by atoms with Gasteiger partial charge in [-0.05, 0) is 51.6 Å². The van der Waals surface area contributed by atoms with Gasteiger partial charge in [0, 0.05) is 12.1 Å². The van der Waals surface area contributed by atoms with Crippen LogP contribution in [0, 0.1) is 0 Å². The van der Waals surface area contributed by atoms with Crippen LogP contribution in [0.25, 0.3) is 10.2 Å². The molecule has 2 rings (SSSR count). The smallest absolute Gasteiger partial charge is 0.308 e. The molecule has 0 aliphatic carbocycles. The summed E-state index contributed by atoms with van der Waals surface area (Å²) in [4.78, 5) is 26.2. The molecule has 0 aliphatic rings. The molecule has 0 aliphatic heterocycles. The third kappa shape index (κ3) is 3.49. The lowest BCUT2D eigenvalue weighted by atomic mass is 10.2. The van der Waals surface area contributed by atoms with Gasteiger partial charge in [0.15, 0.2) is 0 Å². The van der Waals surface area contributed by atoms with Gasteiger partial charge in [-0.2, -0.15) is 0 Å². The second kappa shape index (κ2) is 6.66. The van der Waals surface area contributed by atoms with Gasteiger partial charge in [-0.1, -0.05) is 23.5 Å². The molecule has 114 valence electrons. The summed E-state index contributed by atoms with van der Waals surface area (Å²) in [6.45, 7) is 8.02. The molecule has 0 radical (unpaired) electrons. The highest BCUT2D eigenvalue weighted by atomic mass is 32.2. The van der Waals surface area contributed by atoms with Crippen LogP contribution in [0.3, 0.4) is 0 Å². The monoisotopic (exact) mass is 324 g/mol. The van der Waals surface area contributed by atoms with Gasteiger partial charge in [0.25, 0.3) is 5.24 Å². The Bertz CT molecular complexity index is 680. The number of nitrogens with zero attached hydrogens (tertiary/aromatic N) is 2. The van der Waals surface area contributed by atoms with E-state index in [1.165, 1.54) is 23.1 Å². The molecular formula is C15H20N2O2S2. The molecule has 0 bridgehead atoms. The van der Waals surface area contributed by atoms with Gasteiger partial charge in [-0.15, -0.1) is 0 Å². The number of fused-ring (bicyclic) bond motifs is 1. The minimum Gasteiger partial charge on any atom is -0.329 e. The fourth-order valence-electron chi connectivity index (χ4n) is 2.35. The number of benzene rings is 1. The fraction of sp³-hybridized carbons (Fsp3) is 0.467. The molecule has 0 saturated carbocycles. The van der Waals surface area contributed by atoms with E-state index in [0.29, 0.717) is 5.88 Å². The Labute approximate surface area is 132 Å². The number of thioether (sulfide) groups is 1. The highest BCUT2D eigenvalue weighted by Gasteiger charge is 2.21. The Balaban J connectivity index is 2.17. The third-order valence-electron chi connectivity index (χ3n) is 3.21. The van der Waals surface area contributed by atoms with Crippen LogP contribution in [0.4, 0.5) is 4.79 Å². The molecule has 4 nitrogen and oxygen atoms in total. The second-order valence-electron chi connectivity index (χ2n) is 5.40. The molecule has 0 atom stereocenters. The Hall–Kier alpha value is -1.27. The first kappa shape index (κ1) is 16.1. The van der Waals surface area contributed by atoms with Crippen molar-refractivity contribution in [3.63, 3.8) is 0 Å². The van der Waals surface area contributed by atoms with Crippen molar-refractivity contribution in [2.75, 3.05) is 0 Å². The van der Waals surface area contributed by atoms with Crippen molar-refractivity contribution in [1.82, 2.24) is 9.47 Å². The van der Waals surface area contributed by atoms with Crippen molar-refractivity contribution in [2.45, 2.75) is 45.7 Å². The van der Waals surface area contributed by atoms with Crippen LogP contribution in [-0.4, -0.2) is 26.8 Å². The van der Waals surface area contributed by atoms with Crippen LogP contribution >= 0.6 is 23.1 Å². The summed E-state index contributed by atoms with van der Waals surface area (Å²) in [6.07, 6.45) is 0. The zero-order chi connectivity index (χ0) is 15.6. The maximum atomic E-state index is 12.3. The first-order valence-corrected chi connectivity index (χ1v) is 8.75. The predicted octanol–water partition coefficient (Wildman–Crippen LogP) is 3.99. The molecule has 21 heavy (non-hydrogen) atoms. The number of hydrogen-bond acceptors (Lipinski definition) is 4. The zero-order valence-electron chi connectivity index (χ0n) is 12.7. The van der Waals surface area contributed by atoms with Gasteiger partial charge in [0.05, 0.1) is 16.1 Å². The van der Waals surface area contributed by atoms with Crippen LogP contribution < -0.4 is 4.87 Å². The number of rotatable bonds is 4. The Morgan fingerprint density at radius 2 is 1.86 bits per heavy atom. The Morgan fingerprint density at radius 1 is 1.24 bits per heavy atom. The van der Waals surface area contributed by atoms with Crippen LogP contribution in [0.15, 0.2) is 29.1 Å². The van der Waals surface area contributed by atoms with Crippen LogP contribution in [0.5, 0.6) is 0 Å². The van der Waals surface area contributed by atoms with Gasteiger partial charge in [0.1, 0.15) is 0 Å². The average Bonchev–Trinajstić information content (AvgIpc) is 2.71. The van der Waals surface area contributed by atoms with E-state index in [2.05, 4.69) is 0 Å². The zero-order valence-corrected chi connectivity index (χ0v) is 14.3. The van der Waals surface area contributed by atoms with Gasteiger partial charge < -0.3 is 4.90 Å². The summed E-state index contributed by atoms with van der Waals surface area (Å²) in [5, 5.41) is 0.0159. The number of thiazole rings is 1. The predicted molar refractivity (Wildman–Crippen MR) is 91.2 cm³/mol. The quantitative estimate of drug-likeness (QED) is 0.854. The average molecular weight is 324 g/mol. The highest BCUT2D eigenvalue weighted by Crippen LogP contribution is 2.21. The number of para-hydroxylation sites is 1. The number of amides is 1. The summed E-state index contributed by atoms with van der Waals surface area (Å²) in [5.41, 5.74) is 0.897. The van der Waals surface area contributed by atoms with Crippen molar-refractivity contribution in [2.24, 2.45) is 0 Å². The Kier molecular flexibility index (Phi) is 5.11. The largest absolute Gasteiger partial charge is 0.329 e. The van der Waals surface area contributed by atoms with E-state index in [1.54, 1.807) is 4.57 Å². The van der Waals surface area contributed by atoms with Gasteiger partial charge in [-0.25, -0.2) is 0 Å². The van der Waals surface area contributed by atoms with E-state index in [1.807, 2.05) is 56.9 Å². The number of hydrogen-bond donors (Lipinski definition) is 0. The van der Waals surface area contributed by atoms with E-state index in [9.17, 15) is 9.59 Å². The lowest BCUT2D eigenvalue weighted by molar-refractivity contribution is 0.190. The first-order valence-electron chi connectivity index (χ1n) is 6.95. The third-order valence-corrected chi connectivity index (χ3v) is 5.02. The second-order valence-corrected chi connectivity index (χ2v) is 7.29. The molecule has 0 N–H and O–H groups in total. The summed E-state index contributed by atoms with van der Waals surface area (Å²) < 4.78 is 2.63. The van der Waals surface area contributed by atoms with E-state index in [0.717, 1.165) is 10.2 Å². The fourth-order valence-corrected chi connectivity index (χ4v) is 4.39. The molecule has 6 heteroatoms. The molecule has 2 aromatic rings. The van der Waals surface area contributed by atoms with Gasteiger partial charge in [-0.3, -0.25) is 14.2 Å². The van der Waals surface area contributed by atoms with E-state index < -0.39 is 0 Å². The Morgan fingerprint density at radius 3 is 2.48 bits per heavy atom. The minimum absolute atomic E-state index is 0.0159. The molecular weight excluding hydrogens is 304 g/mol. The maximum Gasteiger partial charge on any atom is 0.308 e. The van der Waals surface area contributed by atoms with E-state index in [4.69, 9.17) is 0 Å². The molecule has 0 fully saturated rings. The van der Waals surface area contributed by atoms with E-state index in [-0.39, 0.29) is 22.2 Å². The molecule has 0 saturated heterocycles. The van der Waals surface area contributed by atoms with Crippen molar-refractivity contribution >= 4 is 38.6 Å². The van der Waals surface area contributed by atoms with Crippen molar-refractivity contribution in [1.29, 1.82) is 0 Å². The van der Waals surface area contributed by atoms with Gasteiger partial charge in [0.2, 0.25) is 0 Å². The minimum atomic E-state index is -0.0165. The van der Waals surface area contributed by atoms with Crippen molar-refractivity contribution in [3.05, 3.63) is 33.9 Å². The molecule has 1 amide bonds. The van der Waals surface area contributed by atoms with Crippen LogP contribution in [0.2, 0.25) is 0 Å². The summed E-state index contributed by atoms with van der Waals surface area (Å²) in [7, 11) is 0. The molecule has 1 heterocycles. The lowest BCUT2D eigenvalue weighted by Crippen LogP contribution is -2.40. The topological polar surface area (TPSA) is 42.3 Å². The molecule has 1 aromatic carbocycles. The molecule has 0 spiro atoms. The molecule has 0 unspecified atom stereocenters. The molecule has 1 aromatic heterocycles. The summed E-state index contributed by atoms with van der Waals surface area (Å²) in [5.74, 6) is 0.359. The van der Waals surface area contributed by atoms with E-state index >= 15 is 0 Å². The van der Waals surface area contributed by atoms with Crippen LogP contribution in [0.1, 0.15) is 27.7 Å². The van der Waals surface area contributed by atoms with Crippen LogP contribution in [-0.2, 0) is 5.88 Å². The number of carbonyl (C=O) groups excluding carboxylic acids is 1. The SMILES string of the molecule is CC(C)N(C(=O)SCn1c(=O)sc2ccccc21)C(C)C. The van der Waals surface area contributed by atoms with Gasteiger partial charge >= 0.3 is 4.87 Å². The number of carbonyl (C=O) groups is 1. The summed E-state index contributed by atoms with van der Waals surface area (Å²) in [6, 6.07) is 7.98. The summed E-state index contributed by atoms with van der Waals surface area (Å²) >= 11 is 2.41. The van der Waals surface area contributed by atoms with Crippen molar-refractivity contribution < 1.29 is 4.79 Å². The van der Waals surface area contributed by atoms with Crippen molar-refractivity contribution in [3.8, 4) is 0 Å². The lowest BCUT2D eigenvalue weighted by Gasteiger charge is -2.30. The normalized spacial score (nSPS) is 11.5.